The Hall–Kier alpha value is -3.74. The smallest absolute Gasteiger partial charge is 0.293 e. The van der Waals surface area contributed by atoms with Crippen LogP contribution in [0.2, 0.25) is 0 Å². The van der Waals surface area contributed by atoms with Crippen LogP contribution in [0.1, 0.15) is 27.7 Å². The Morgan fingerprint density at radius 2 is 1.82 bits per heavy atom. The molecule has 28 heavy (non-hydrogen) atoms. The normalized spacial score (nSPS) is 11.5. The number of nitro benzene ring substituents is 1. The van der Waals surface area contributed by atoms with Gasteiger partial charge < -0.3 is 10.2 Å². The highest BCUT2D eigenvalue weighted by Crippen LogP contribution is 2.30. The SMILES string of the molecule is CNc1ccc(C(=O)N(C)[C@@H](c2ccccc2)c2ccccn2)cc1[N+](=O)[O-]. The van der Waals surface area contributed by atoms with Crippen molar-refractivity contribution in [3.8, 4) is 0 Å². The van der Waals surface area contributed by atoms with E-state index in [1.54, 1.807) is 31.3 Å². The van der Waals surface area contributed by atoms with Crippen LogP contribution in [0.5, 0.6) is 0 Å². The molecule has 0 fully saturated rings. The van der Waals surface area contributed by atoms with E-state index in [9.17, 15) is 14.9 Å². The summed E-state index contributed by atoms with van der Waals surface area (Å²) in [6, 6.07) is 19.1. The number of pyridine rings is 1. The molecule has 0 saturated heterocycles. The third kappa shape index (κ3) is 3.83. The summed E-state index contributed by atoms with van der Waals surface area (Å²) in [5.41, 5.74) is 2.07. The maximum absolute atomic E-state index is 13.2. The summed E-state index contributed by atoms with van der Waals surface area (Å²) in [4.78, 5) is 30.0. The molecule has 3 rings (SSSR count). The number of rotatable bonds is 6. The van der Waals surface area contributed by atoms with Gasteiger partial charge in [0.2, 0.25) is 0 Å². The van der Waals surface area contributed by atoms with E-state index in [2.05, 4.69) is 10.3 Å². The summed E-state index contributed by atoms with van der Waals surface area (Å²) < 4.78 is 0. The van der Waals surface area contributed by atoms with Crippen molar-refractivity contribution in [1.29, 1.82) is 0 Å². The van der Waals surface area contributed by atoms with Gasteiger partial charge in [-0.1, -0.05) is 36.4 Å². The largest absolute Gasteiger partial charge is 0.383 e. The lowest BCUT2D eigenvalue weighted by Crippen LogP contribution is -2.32. The lowest BCUT2D eigenvalue weighted by molar-refractivity contribution is -0.384. The predicted octanol–water partition coefficient (Wildman–Crippen LogP) is 3.89. The summed E-state index contributed by atoms with van der Waals surface area (Å²) >= 11 is 0. The topological polar surface area (TPSA) is 88.4 Å². The monoisotopic (exact) mass is 376 g/mol. The van der Waals surface area contributed by atoms with Crippen LogP contribution in [0.4, 0.5) is 11.4 Å². The summed E-state index contributed by atoms with van der Waals surface area (Å²) in [5, 5.41) is 14.1. The molecule has 1 amide bonds. The predicted molar refractivity (Wildman–Crippen MR) is 107 cm³/mol. The van der Waals surface area contributed by atoms with Gasteiger partial charge in [0.15, 0.2) is 0 Å². The number of aromatic nitrogens is 1. The third-order valence-corrected chi connectivity index (χ3v) is 4.50. The number of nitrogens with one attached hydrogen (secondary N) is 1. The first-order valence-corrected chi connectivity index (χ1v) is 8.72. The van der Waals surface area contributed by atoms with Crippen molar-refractivity contribution in [3.05, 3.63) is 99.9 Å². The van der Waals surface area contributed by atoms with Gasteiger partial charge in [0.05, 0.1) is 16.7 Å². The number of benzene rings is 2. The van der Waals surface area contributed by atoms with Crippen LogP contribution in [0.15, 0.2) is 72.9 Å². The summed E-state index contributed by atoms with van der Waals surface area (Å²) in [6.45, 7) is 0. The second-order valence-corrected chi connectivity index (χ2v) is 6.22. The van der Waals surface area contributed by atoms with E-state index in [0.717, 1.165) is 5.56 Å². The fraction of sp³-hybridized carbons (Fsp3) is 0.143. The van der Waals surface area contributed by atoms with Gasteiger partial charge in [0.25, 0.3) is 11.6 Å². The second kappa shape index (κ2) is 8.30. The van der Waals surface area contributed by atoms with Gasteiger partial charge in [0.1, 0.15) is 5.69 Å². The first kappa shape index (κ1) is 19.0. The molecule has 0 aliphatic rings. The number of carbonyl (C=O) groups excluding carboxylic acids is 1. The van der Waals surface area contributed by atoms with Gasteiger partial charge in [-0.2, -0.15) is 0 Å². The summed E-state index contributed by atoms with van der Waals surface area (Å²) in [7, 11) is 3.27. The van der Waals surface area contributed by atoms with Crippen LogP contribution in [0.25, 0.3) is 0 Å². The molecule has 1 heterocycles. The van der Waals surface area contributed by atoms with Gasteiger partial charge in [-0.3, -0.25) is 19.9 Å². The van der Waals surface area contributed by atoms with Crippen LogP contribution >= 0.6 is 0 Å². The Balaban J connectivity index is 2.02. The Morgan fingerprint density at radius 1 is 1.11 bits per heavy atom. The molecule has 0 spiro atoms. The van der Waals surface area contributed by atoms with E-state index < -0.39 is 11.0 Å². The van der Waals surface area contributed by atoms with Crippen molar-refractivity contribution in [2.45, 2.75) is 6.04 Å². The van der Waals surface area contributed by atoms with Crippen LogP contribution in [0, 0.1) is 10.1 Å². The molecule has 7 heteroatoms. The van der Waals surface area contributed by atoms with Crippen molar-refractivity contribution >= 4 is 17.3 Å². The van der Waals surface area contributed by atoms with Gasteiger partial charge in [-0.25, -0.2) is 0 Å². The number of amides is 1. The molecule has 7 nitrogen and oxygen atoms in total. The van der Waals surface area contributed by atoms with E-state index in [1.165, 1.54) is 12.1 Å². The number of nitro groups is 1. The molecule has 0 bridgehead atoms. The summed E-state index contributed by atoms with van der Waals surface area (Å²) in [6.07, 6.45) is 1.68. The van der Waals surface area contributed by atoms with Crippen molar-refractivity contribution < 1.29 is 9.72 Å². The van der Waals surface area contributed by atoms with Crippen LogP contribution in [0.3, 0.4) is 0 Å². The molecular weight excluding hydrogens is 356 g/mol. The zero-order chi connectivity index (χ0) is 20.1. The number of hydrogen-bond donors (Lipinski definition) is 1. The van der Waals surface area contributed by atoms with E-state index in [4.69, 9.17) is 0 Å². The number of hydrogen-bond acceptors (Lipinski definition) is 5. The van der Waals surface area contributed by atoms with Crippen LogP contribution in [-0.2, 0) is 0 Å². The molecule has 1 N–H and O–H groups in total. The lowest BCUT2D eigenvalue weighted by Gasteiger charge is -2.28. The highest BCUT2D eigenvalue weighted by molar-refractivity contribution is 5.96. The Labute approximate surface area is 162 Å². The molecule has 0 saturated carbocycles. The van der Waals surface area contributed by atoms with Gasteiger partial charge in [0, 0.05) is 31.9 Å². The minimum absolute atomic E-state index is 0.143. The molecule has 0 radical (unpaired) electrons. The van der Waals surface area contributed by atoms with Crippen LogP contribution in [-0.4, -0.2) is 34.8 Å². The fourth-order valence-corrected chi connectivity index (χ4v) is 3.11. The average Bonchev–Trinajstić information content (AvgIpc) is 2.74. The molecule has 3 aromatic rings. The average molecular weight is 376 g/mol. The minimum atomic E-state index is -0.504. The number of nitrogens with zero attached hydrogens (tertiary/aromatic N) is 3. The number of carbonyl (C=O) groups is 1. The third-order valence-electron chi connectivity index (χ3n) is 4.50. The second-order valence-electron chi connectivity index (χ2n) is 6.22. The maximum Gasteiger partial charge on any atom is 0.293 e. The standard InChI is InChI=1S/C21H20N4O3/c1-22-17-12-11-16(14-19(17)25(27)28)21(26)24(2)20(15-8-4-3-5-9-15)18-10-6-7-13-23-18/h3-14,20,22H,1-2H3/t20-/m0/s1. The number of anilines is 1. The lowest BCUT2D eigenvalue weighted by atomic mass is 10.0. The van der Waals surface area contributed by atoms with Crippen LogP contribution < -0.4 is 5.32 Å². The minimum Gasteiger partial charge on any atom is -0.383 e. The Bertz CT molecular complexity index is 938. The fourth-order valence-electron chi connectivity index (χ4n) is 3.11. The quantitative estimate of drug-likeness (QED) is 0.521. The van der Waals surface area contributed by atoms with Gasteiger partial charge in [-0.05, 0) is 29.8 Å². The van der Waals surface area contributed by atoms with Crippen molar-refractivity contribution in [3.63, 3.8) is 0 Å². The van der Waals surface area contributed by atoms with Crippen molar-refractivity contribution in [1.82, 2.24) is 9.88 Å². The van der Waals surface area contributed by atoms with E-state index in [-0.39, 0.29) is 17.2 Å². The highest BCUT2D eigenvalue weighted by atomic mass is 16.6. The molecule has 0 aliphatic heterocycles. The molecule has 1 aromatic heterocycles. The molecule has 0 unspecified atom stereocenters. The first-order valence-electron chi connectivity index (χ1n) is 8.72. The molecule has 2 aromatic carbocycles. The summed E-state index contributed by atoms with van der Waals surface area (Å²) in [5.74, 6) is -0.328. The zero-order valence-corrected chi connectivity index (χ0v) is 15.6. The van der Waals surface area contributed by atoms with E-state index in [1.807, 2.05) is 48.5 Å². The van der Waals surface area contributed by atoms with Crippen molar-refractivity contribution in [2.24, 2.45) is 0 Å². The van der Waals surface area contributed by atoms with Gasteiger partial charge >= 0.3 is 0 Å². The Morgan fingerprint density at radius 3 is 2.43 bits per heavy atom. The highest BCUT2D eigenvalue weighted by Gasteiger charge is 2.27. The molecular formula is C21H20N4O3. The first-order chi connectivity index (χ1) is 13.5. The molecule has 0 aliphatic carbocycles. The van der Waals surface area contributed by atoms with Crippen molar-refractivity contribution in [2.75, 3.05) is 19.4 Å². The Kier molecular flexibility index (Phi) is 5.64. The zero-order valence-electron chi connectivity index (χ0n) is 15.6. The van der Waals surface area contributed by atoms with E-state index >= 15 is 0 Å². The maximum atomic E-state index is 13.2. The molecule has 142 valence electrons. The van der Waals surface area contributed by atoms with E-state index in [0.29, 0.717) is 11.4 Å². The molecule has 1 atom stereocenters. The van der Waals surface area contributed by atoms with Gasteiger partial charge in [-0.15, -0.1) is 0 Å².